The Morgan fingerprint density at radius 2 is 1.94 bits per heavy atom. The molecule has 1 heterocycles. The molecule has 0 radical (unpaired) electrons. The van der Waals surface area contributed by atoms with E-state index >= 15 is 0 Å². The molecular weight excluding hydrogens is 256 g/mol. The summed E-state index contributed by atoms with van der Waals surface area (Å²) in [6.45, 7) is 1.65. The molecule has 2 nitrogen and oxygen atoms in total. The van der Waals surface area contributed by atoms with E-state index in [1.165, 1.54) is 0 Å². The molecule has 0 aliphatic carbocycles. The molecule has 1 fully saturated rings. The second kappa shape index (κ2) is 6.43. The highest BCUT2D eigenvalue weighted by Crippen LogP contribution is 2.23. The van der Waals surface area contributed by atoms with Crippen molar-refractivity contribution in [1.29, 1.82) is 0 Å². The van der Waals surface area contributed by atoms with Gasteiger partial charge in [-0.3, -0.25) is 4.79 Å². The number of carbonyl (C=O) groups is 1. The van der Waals surface area contributed by atoms with Gasteiger partial charge in [-0.1, -0.05) is 11.6 Å². The monoisotopic (exact) mass is 270 g/mol. The zero-order valence-electron chi connectivity index (χ0n) is 9.52. The Kier molecular flexibility index (Phi) is 4.89. The van der Waals surface area contributed by atoms with Crippen LogP contribution in [0.3, 0.4) is 0 Å². The van der Waals surface area contributed by atoms with Crippen molar-refractivity contribution in [3.05, 3.63) is 34.9 Å². The van der Waals surface area contributed by atoms with Gasteiger partial charge in [0.1, 0.15) is 0 Å². The summed E-state index contributed by atoms with van der Waals surface area (Å²) in [5, 5.41) is 1.23. The number of halogens is 1. The first kappa shape index (κ1) is 12.9. The normalized spacial score (nSPS) is 17.0. The fraction of sp³-hybridized carbons (Fsp3) is 0.462. The molecule has 0 atom stereocenters. The highest BCUT2D eigenvalue weighted by Gasteiger charge is 2.16. The molecule has 1 aliphatic rings. The highest BCUT2D eigenvalue weighted by atomic mass is 35.5. The molecule has 1 aliphatic heterocycles. The molecule has 0 unspecified atom stereocenters. The largest absolute Gasteiger partial charge is 0.381 e. The maximum atomic E-state index is 11.9. The van der Waals surface area contributed by atoms with Crippen LogP contribution in [-0.2, 0) is 4.74 Å². The van der Waals surface area contributed by atoms with Crippen LogP contribution in [0.5, 0.6) is 0 Å². The van der Waals surface area contributed by atoms with Crippen molar-refractivity contribution in [2.75, 3.05) is 19.0 Å². The van der Waals surface area contributed by atoms with E-state index in [-0.39, 0.29) is 5.78 Å². The summed E-state index contributed by atoms with van der Waals surface area (Å²) in [7, 11) is 0. The number of rotatable bonds is 4. The second-order valence-electron chi connectivity index (χ2n) is 4.05. The Bertz CT molecular complexity index is 372. The number of hydrogen-bond acceptors (Lipinski definition) is 3. The lowest BCUT2D eigenvalue weighted by Crippen LogP contribution is -2.19. The van der Waals surface area contributed by atoms with E-state index in [0.717, 1.165) is 31.6 Å². The number of hydrogen-bond donors (Lipinski definition) is 0. The number of carbonyl (C=O) groups excluding carboxylic acids is 1. The molecule has 0 amide bonds. The lowest BCUT2D eigenvalue weighted by atomic mass is 10.1. The van der Waals surface area contributed by atoms with Crippen molar-refractivity contribution in [3.63, 3.8) is 0 Å². The van der Waals surface area contributed by atoms with Crippen LogP contribution in [0.1, 0.15) is 23.2 Å². The first-order valence-electron chi connectivity index (χ1n) is 5.74. The van der Waals surface area contributed by atoms with Crippen LogP contribution in [0.2, 0.25) is 5.02 Å². The van der Waals surface area contributed by atoms with Crippen molar-refractivity contribution in [3.8, 4) is 0 Å². The predicted molar refractivity (Wildman–Crippen MR) is 72.1 cm³/mol. The van der Waals surface area contributed by atoms with Crippen LogP contribution in [-0.4, -0.2) is 30.0 Å². The Morgan fingerprint density at radius 1 is 1.29 bits per heavy atom. The van der Waals surface area contributed by atoms with Gasteiger partial charge in [0.15, 0.2) is 5.78 Å². The van der Waals surface area contributed by atoms with E-state index in [0.29, 0.717) is 16.0 Å². The van der Waals surface area contributed by atoms with Gasteiger partial charge in [0, 0.05) is 29.0 Å². The van der Waals surface area contributed by atoms with Gasteiger partial charge in [0.25, 0.3) is 0 Å². The minimum Gasteiger partial charge on any atom is -0.381 e. The number of benzene rings is 1. The molecule has 1 aromatic carbocycles. The van der Waals surface area contributed by atoms with Crippen molar-refractivity contribution in [2.24, 2.45) is 0 Å². The van der Waals surface area contributed by atoms with Crippen molar-refractivity contribution < 1.29 is 9.53 Å². The zero-order chi connectivity index (χ0) is 12.1. The molecule has 0 aromatic heterocycles. The molecule has 4 heteroatoms. The third-order valence-corrected chi connectivity index (χ3v) is 4.41. The summed E-state index contributed by atoms with van der Waals surface area (Å²) in [4.78, 5) is 11.9. The smallest absolute Gasteiger partial charge is 0.172 e. The van der Waals surface area contributed by atoms with Gasteiger partial charge in [-0.25, -0.2) is 0 Å². The summed E-state index contributed by atoms with van der Waals surface area (Å²) < 4.78 is 5.29. The van der Waals surface area contributed by atoms with Gasteiger partial charge in [0.05, 0.1) is 5.75 Å². The van der Waals surface area contributed by atoms with Gasteiger partial charge in [-0.05, 0) is 37.1 Å². The molecule has 0 bridgehead atoms. The fourth-order valence-electron chi connectivity index (χ4n) is 1.76. The van der Waals surface area contributed by atoms with E-state index in [1.54, 1.807) is 36.0 Å². The average Bonchev–Trinajstić information content (AvgIpc) is 2.38. The quantitative estimate of drug-likeness (QED) is 0.784. The molecule has 0 saturated carbocycles. The predicted octanol–water partition coefficient (Wildman–Crippen LogP) is 3.43. The summed E-state index contributed by atoms with van der Waals surface area (Å²) in [5.41, 5.74) is 0.744. The zero-order valence-corrected chi connectivity index (χ0v) is 11.1. The molecule has 17 heavy (non-hydrogen) atoms. The van der Waals surface area contributed by atoms with E-state index in [4.69, 9.17) is 16.3 Å². The molecular formula is C13H15ClO2S. The van der Waals surface area contributed by atoms with Gasteiger partial charge < -0.3 is 4.74 Å². The molecule has 92 valence electrons. The van der Waals surface area contributed by atoms with Crippen molar-refractivity contribution in [2.45, 2.75) is 18.1 Å². The van der Waals surface area contributed by atoms with E-state index in [2.05, 4.69) is 0 Å². The Hall–Kier alpha value is -0.510. The number of ketones is 1. The first-order valence-corrected chi connectivity index (χ1v) is 7.16. The third kappa shape index (κ3) is 4.02. The first-order chi connectivity index (χ1) is 8.25. The third-order valence-electron chi connectivity index (χ3n) is 2.78. The van der Waals surface area contributed by atoms with E-state index < -0.39 is 0 Å². The number of thioether (sulfide) groups is 1. The Balaban J connectivity index is 1.82. The van der Waals surface area contributed by atoms with Crippen LogP contribution in [0, 0.1) is 0 Å². The second-order valence-corrected chi connectivity index (χ2v) is 5.78. The van der Waals surface area contributed by atoms with Crippen molar-refractivity contribution >= 4 is 29.1 Å². The maximum absolute atomic E-state index is 11.9. The molecule has 0 N–H and O–H groups in total. The number of ether oxygens (including phenoxy) is 1. The average molecular weight is 271 g/mol. The lowest BCUT2D eigenvalue weighted by molar-refractivity contribution is 0.0988. The van der Waals surface area contributed by atoms with Gasteiger partial charge in [-0.2, -0.15) is 11.8 Å². The molecule has 1 saturated heterocycles. The van der Waals surface area contributed by atoms with Crippen LogP contribution < -0.4 is 0 Å². The number of Topliss-reactive ketones (excluding diaryl/α,β-unsaturated/α-hetero) is 1. The standard InChI is InChI=1S/C13H15ClO2S/c14-11-3-1-10(2-4-11)13(15)9-17-12-5-7-16-8-6-12/h1-4,12H,5-9H2. The van der Waals surface area contributed by atoms with Gasteiger partial charge >= 0.3 is 0 Å². The summed E-state index contributed by atoms with van der Waals surface area (Å²) in [6, 6.07) is 7.09. The SMILES string of the molecule is O=C(CSC1CCOCC1)c1ccc(Cl)cc1. The fourth-order valence-corrected chi connectivity index (χ4v) is 2.96. The van der Waals surface area contributed by atoms with Crippen LogP contribution in [0.25, 0.3) is 0 Å². The van der Waals surface area contributed by atoms with Crippen LogP contribution >= 0.6 is 23.4 Å². The minimum absolute atomic E-state index is 0.179. The van der Waals surface area contributed by atoms with Crippen molar-refractivity contribution in [1.82, 2.24) is 0 Å². The Labute approximate surface area is 111 Å². The van der Waals surface area contributed by atoms with Gasteiger partial charge in [-0.15, -0.1) is 0 Å². The lowest BCUT2D eigenvalue weighted by Gasteiger charge is -2.21. The highest BCUT2D eigenvalue weighted by molar-refractivity contribution is 8.00. The summed E-state index contributed by atoms with van der Waals surface area (Å²) in [5.74, 6) is 0.727. The summed E-state index contributed by atoms with van der Waals surface area (Å²) >= 11 is 7.53. The van der Waals surface area contributed by atoms with E-state index in [1.807, 2.05) is 0 Å². The Morgan fingerprint density at radius 3 is 2.59 bits per heavy atom. The summed E-state index contributed by atoms with van der Waals surface area (Å²) in [6.07, 6.45) is 2.11. The minimum atomic E-state index is 0.179. The topological polar surface area (TPSA) is 26.3 Å². The molecule has 2 rings (SSSR count). The van der Waals surface area contributed by atoms with Gasteiger partial charge in [0.2, 0.25) is 0 Å². The molecule has 1 aromatic rings. The van der Waals surface area contributed by atoms with Crippen LogP contribution in [0.4, 0.5) is 0 Å². The van der Waals surface area contributed by atoms with Crippen LogP contribution in [0.15, 0.2) is 24.3 Å². The molecule has 0 spiro atoms. The van der Waals surface area contributed by atoms with E-state index in [9.17, 15) is 4.79 Å². The maximum Gasteiger partial charge on any atom is 0.172 e.